The summed E-state index contributed by atoms with van der Waals surface area (Å²) in [6.45, 7) is 0. The number of pyridine rings is 1. The summed E-state index contributed by atoms with van der Waals surface area (Å²) in [5.74, 6) is 0.698. The topological polar surface area (TPSA) is 113 Å². The SMILES string of the molecule is N#Cc1cnc(Nc2nc(-c3ccc(Cl)cn3)no2)cn1. The Morgan fingerprint density at radius 1 is 1.14 bits per heavy atom. The third kappa shape index (κ3) is 2.93. The van der Waals surface area contributed by atoms with Gasteiger partial charge in [0, 0.05) is 6.20 Å². The highest BCUT2D eigenvalue weighted by atomic mass is 35.5. The molecule has 0 atom stereocenters. The molecule has 0 aliphatic heterocycles. The fourth-order valence-electron chi connectivity index (χ4n) is 1.45. The van der Waals surface area contributed by atoms with Gasteiger partial charge in [0.1, 0.15) is 11.8 Å². The Kier molecular flexibility index (Phi) is 3.41. The Labute approximate surface area is 123 Å². The fourth-order valence-corrected chi connectivity index (χ4v) is 1.56. The van der Waals surface area contributed by atoms with E-state index < -0.39 is 0 Å². The average molecular weight is 300 g/mol. The smallest absolute Gasteiger partial charge is 0.315 e. The van der Waals surface area contributed by atoms with Crippen LogP contribution in [0.3, 0.4) is 0 Å². The second kappa shape index (κ2) is 5.52. The summed E-state index contributed by atoms with van der Waals surface area (Å²) in [5, 5.41) is 15.7. The van der Waals surface area contributed by atoms with Gasteiger partial charge in [-0.2, -0.15) is 10.2 Å². The Balaban J connectivity index is 1.78. The van der Waals surface area contributed by atoms with E-state index in [1.165, 1.54) is 18.6 Å². The fraction of sp³-hybridized carbons (Fsp3) is 0. The molecule has 1 N–H and O–H groups in total. The van der Waals surface area contributed by atoms with E-state index in [0.29, 0.717) is 22.4 Å². The molecule has 0 saturated carbocycles. The standard InChI is InChI=1S/C12H6ClN7O/c13-7-1-2-9(16-4-7)11-19-12(21-20-11)18-10-6-15-8(3-14)5-17-10/h1-2,4-6H,(H,17,18,19,20). The quantitative estimate of drug-likeness (QED) is 0.782. The second-order valence-corrected chi connectivity index (χ2v) is 4.24. The van der Waals surface area contributed by atoms with Crippen LogP contribution in [0.5, 0.6) is 0 Å². The van der Waals surface area contributed by atoms with Crippen LogP contribution in [0.15, 0.2) is 35.2 Å². The van der Waals surface area contributed by atoms with Gasteiger partial charge in [0.05, 0.1) is 17.4 Å². The van der Waals surface area contributed by atoms with Gasteiger partial charge in [-0.3, -0.25) is 10.3 Å². The first-order valence-corrected chi connectivity index (χ1v) is 6.07. The lowest BCUT2D eigenvalue weighted by Gasteiger charge is -1.97. The minimum atomic E-state index is 0.140. The van der Waals surface area contributed by atoms with Crippen LogP contribution in [0.4, 0.5) is 11.8 Å². The molecule has 0 saturated heterocycles. The van der Waals surface area contributed by atoms with Crippen molar-refractivity contribution in [1.82, 2.24) is 25.1 Å². The summed E-state index contributed by atoms with van der Waals surface area (Å²) >= 11 is 5.76. The first-order chi connectivity index (χ1) is 10.2. The maximum atomic E-state index is 8.64. The monoisotopic (exact) mass is 299 g/mol. The zero-order chi connectivity index (χ0) is 14.7. The number of rotatable bonds is 3. The predicted octanol–water partition coefficient (Wildman–Crippen LogP) is 2.19. The van der Waals surface area contributed by atoms with Gasteiger partial charge in [-0.25, -0.2) is 9.97 Å². The summed E-state index contributed by atoms with van der Waals surface area (Å²) in [5.41, 5.74) is 0.749. The molecule has 0 aliphatic rings. The highest BCUT2D eigenvalue weighted by Crippen LogP contribution is 2.18. The molecular formula is C12H6ClN7O. The molecule has 21 heavy (non-hydrogen) atoms. The summed E-state index contributed by atoms with van der Waals surface area (Å²) in [4.78, 5) is 16.1. The Bertz CT molecular complexity index is 792. The van der Waals surface area contributed by atoms with E-state index in [4.69, 9.17) is 21.4 Å². The normalized spacial score (nSPS) is 10.1. The van der Waals surface area contributed by atoms with Crippen molar-refractivity contribution in [1.29, 1.82) is 5.26 Å². The van der Waals surface area contributed by atoms with E-state index in [2.05, 4.69) is 30.4 Å². The van der Waals surface area contributed by atoms with Crippen LogP contribution in [0.1, 0.15) is 5.69 Å². The minimum absolute atomic E-state index is 0.140. The number of aromatic nitrogens is 5. The maximum absolute atomic E-state index is 8.64. The van der Waals surface area contributed by atoms with Gasteiger partial charge in [-0.1, -0.05) is 16.8 Å². The molecular weight excluding hydrogens is 294 g/mol. The molecule has 0 spiro atoms. The molecule has 0 aromatic carbocycles. The van der Waals surface area contributed by atoms with Crippen LogP contribution >= 0.6 is 11.6 Å². The Morgan fingerprint density at radius 3 is 2.71 bits per heavy atom. The molecule has 0 fully saturated rings. The van der Waals surface area contributed by atoms with Crippen molar-refractivity contribution < 1.29 is 4.52 Å². The largest absolute Gasteiger partial charge is 0.327 e. The third-order valence-corrected chi connectivity index (χ3v) is 2.61. The first-order valence-electron chi connectivity index (χ1n) is 5.69. The second-order valence-electron chi connectivity index (χ2n) is 3.81. The molecule has 3 aromatic heterocycles. The van der Waals surface area contributed by atoms with Gasteiger partial charge in [-0.15, -0.1) is 0 Å². The van der Waals surface area contributed by atoms with Crippen molar-refractivity contribution in [2.75, 3.05) is 5.32 Å². The zero-order valence-electron chi connectivity index (χ0n) is 10.4. The van der Waals surface area contributed by atoms with Crippen molar-refractivity contribution in [2.45, 2.75) is 0 Å². The summed E-state index contributed by atoms with van der Waals surface area (Å²) in [7, 11) is 0. The predicted molar refractivity (Wildman–Crippen MR) is 72.6 cm³/mol. The van der Waals surface area contributed by atoms with Crippen LogP contribution < -0.4 is 5.32 Å². The number of halogens is 1. The molecule has 102 valence electrons. The maximum Gasteiger partial charge on any atom is 0.327 e. The van der Waals surface area contributed by atoms with Crippen LogP contribution in [-0.2, 0) is 0 Å². The van der Waals surface area contributed by atoms with Gasteiger partial charge >= 0.3 is 6.01 Å². The number of nitrogens with zero attached hydrogens (tertiary/aromatic N) is 6. The van der Waals surface area contributed by atoms with Gasteiger partial charge in [0.2, 0.25) is 5.82 Å². The molecule has 0 radical (unpaired) electrons. The molecule has 0 bridgehead atoms. The van der Waals surface area contributed by atoms with Crippen LogP contribution in [-0.4, -0.2) is 25.1 Å². The number of anilines is 2. The summed E-state index contributed by atoms with van der Waals surface area (Å²) in [6.07, 6.45) is 4.22. The van der Waals surface area contributed by atoms with Crippen molar-refractivity contribution >= 4 is 23.4 Å². The number of nitrogens with one attached hydrogen (secondary N) is 1. The number of nitriles is 1. The first kappa shape index (κ1) is 13.0. The average Bonchev–Trinajstić information content (AvgIpc) is 2.97. The molecule has 8 nitrogen and oxygen atoms in total. The summed E-state index contributed by atoms with van der Waals surface area (Å²) < 4.78 is 5.03. The Morgan fingerprint density at radius 2 is 2.05 bits per heavy atom. The van der Waals surface area contributed by atoms with E-state index in [1.54, 1.807) is 12.1 Å². The number of hydrogen-bond acceptors (Lipinski definition) is 8. The lowest BCUT2D eigenvalue weighted by atomic mass is 10.3. The molecule has 3 rings (SSSR count). The Hall–Kier alpha value is -3.05. The van der Waals surface area contributed by atoms with Crippen molar-refractivity contribution in [2.24, 2.45) is 0 Å². The lowest BCUT2D eigenvalue weighted by molar-refractivity contribution is 0.435. The van der Waals surface area contributed by atoms with Gasteiger partial charge in [0.25, 0.3) is 0 Å². The lowest BCUT2D eigenvalue weighted by Crippen LogP contribution is -1.95. The van der Waals surface area contributed by atoms with E-state index >= 15 is 0 Å². The molecule has 0 aliphatic carbocycles. The molecule has 9 heteroatoms. The van der Waals surface area contributed by atoms with E-state index in [-0.39, 0.29) is 11.7 Å². The van der Waals surface area contributed by atoms with Crippen molar-refractivity contribution in [3.63, 3.8) is 0 Å². The highest BCUT2D eigenvalue weighted by Gasteiger charge is 2.10. The summed E-state index contributed by atoms with van der Waals surface area (Å²) in [6, 6.07) is 5.37. The van der Waals surface area contributed by atoms with Gasteiger partial charge in [-0.05, 0) is 12.1 Å². The van der Waals surface area contributed by atoms with Gasteiger partial charge < -0.3 is 4.52 Å². The number of hydrogen-bond donors (Lipinski definition) is 1. The zero-order valence-corrected chi connectivity index (χ0v) is 11.1. The molecule has 3 aromatic rings. The van der Waals surface area contributed by atoms with E-state index in [0.717, 1.165) is 0 Å². The molecule has 0 unspecified atom stereocenters. The molecule has 0 amide bonds. The van der Waals surface area contributed by atoms with Crippen LogP contribution in [0.2, 0.25) is 5.02 Å². The molecule has 3 heterocycles. The van der Waals surface area contributed by atoms with Crippen molar-refractivity contribution in [3.05, 3.63) is 41.4 Å². The highest BCUT2D eigenvalue weighted by molar-refractivity contribution is 6.30. The van der Waals surface area contributed by atoms with E-state index in [1.807, 2.05) is 6.07 Å². The van der Waals surface area contributed by atoms with Crippen LogP contribution in [0.25, 0.3) is 11.5 Å². The minimum Gasteiger partial charge on any atom is -0.315 e. The van der Waals surface area contributed by atoms with Crippen LogP contribution in [0, 0.1) is 11.3 Å². The van der Waals surface area contributed by atoms with E-state index in [9.17, 15) is 0 Å². The third-order valence-electron chi connectivity index (χ3n) is 2.38. The van der Waals surface area contributed by atoms with Gasteiger partial charge in [0.15, 0.2) is 11.5 Å². The van der Waals surface area contributed by atoms with Crippen molar-refractivity contribution in [3.8, 4) is 17.6 Å².